The number of carbonyl (C=O) groups excluding carboxylic acids is 2. The number of H-pyrrole nitrogens is 1. The Labute approximate surface area is 148 Å². The maximum atomic E-state index is 12.8. The second-order valence-electron chi connectivity index (χ2n) is 7.10. The summed E-state index contributed by atoms with van der Waals surface area (Å²) >= 11 is 0. The summed E-state index contributed by atoms with van der Waals surface area (Å²) < 4.78 is 5.06. The quantitative estimate of drug-likeness (QED) is 0.836. The Bertz CT molecular complexity index is 628. The van der Waals surface area contributed by atoms with Crippen molar-refractivity contribution in [2.45, 2.75) is 45.1 Å². The van der Waals surface area contributed by atoms with Gasteiger partial charge in [0.05, 0.1) is 24.8 Å². The highest BCUT2D eigenvalue weighted by Gasteiger charge is 2.32. The van der Waals surface area contributed by atoms with Crippen LogP contribution in [0.15, 0.2) is 0 Å². The Kier molecular flexibility index (Phi) is 5.73. The van der Waals surface area contributed by atoms with Crippen molar-refractivity contribution in [2.75, 3.05) is 33.9 Å². The third kappa shape index (κ3) is 4.03. The van der Waals surface area contributed by atoms with Crippen LogP contribution >= 0.6 is 0 Å². The third-order valence-electron chi connectivity index (χ3n) is 5.32. The van der Waals surface area contributed by atoms with Gasteiger partial charge in [0.1, 0.15) is 0 Å². The number of aromatic nitrogens is 2. The highest BCUT2D eigenvalue weighted by atomic mass is 16.5. The summed E-state index contributed by atoms with van der Waals surface area (Å²) in [6.45, 7) is 2.08. The molecule has 2 amide bonds. The predicted molar refractivity (Wildman–Crippen MR) is 92.9 cm³/mol. The maximum Gasteiger partial charge on any atom is 0.227 e. The normalized spacial score (nSPS) is 20.5. The van der Waals surface area contributed by atoms with Gasteiger partial charge >= 0.3 is 0 Å². The zero-order chi connectivity index (χ0) is 17.8. The number of hydrogen-bond acceptors (Lipinski definition) is 4. The van der Waals surface area contributed by atoms with E-state index in [0.29, 0.717) is 39.1 Å². The molecule has 1 fully saturated rings. The van der Waals surface area contributed by atoms with Crippen LogP contribution in [0.1, 0.15) is 42.6 Å². The van der Waals surface area contributed by atoms with Crippen molar-refractivity contribution >= 4 is 11.8 Å². The Morgan fingerprint density at radius 1 is 1.36 bits per heavy atom. The molecule has 3 rings (SSSR count). The molecular formula is C18H28N4O3. The van der Waals surface area contributed by atoms with Crippen LogP contribution in [0.5, 0.6) is 0 Å². The number of ether oxygens (including phenoxy) is 1. The topological polar surface area (TPSA) is 78.5 Å². The lowest BCUT2D eigenvalue weighted by molar-refractivity contribution is -0.143. The first-order chi connectivity index (χ1) is 12.1. The molecule has 7 nitrogen and oxygen atoms in total. The second kappa shape index (κ2) is 7.99. The summed E-state index contributed by atoms with van der Waals surface area (Å²) in [5.41, 5.74) is 3.52. The number of likely N-dealkylation sites (tertiary alicyclic amines) is 1. The fourth-order valence-electron chi connectivity index (χ4n) is 3.83. The Morgan fingerprint density at radius 3 is 2.96 bits per heavy atom. The van der Waals surface area contributed by atoms with E-state index in [1.165, 1.54) is 24.1 Å². The summed E-state index contributed by atoms with van der Waals surface area (Å²) in [6.07, 6.45) is 5.56. The van der Waals surface area contributed by atoms with Gasteiger partial charge in [-0.3, -0.25) is 14.7 Å². The Hall–Kier alpha value is -1.89. The maximum absolute atomic E-state index is 12.8. The zero-order valence-electron chi connectivity index (χ0n) is 15.2. The Balaban J connectivity index is 1.60. The van der Waals surface area contributed by atoms with Crippen LogP contribution in [0.2, 0.25) is 0 Å². The van der Waals surface area contributed by atoms with E-state index < -0.39 is 0 Å². The van der Waals surface area contributed by atoms with Crippen LogP contribution in [-0.2, 0) is 33.7 Å². The van der Waals surface area contributed by atoms with Crippen molar-refractivity contribution in [3.63, 3.8) is 0 Å². The number of nitrogens with zero attached hydrogens (tertiary/aromatic N) is 3. The number of hydrogen-bond donors (Lipinski definition) is 1. The molecule has 0 bridgehead atoms. The van der Waals surface area contributed by atoms with Crippen LogP contribution in [0, 0.1) is 5.92 Å². The largest absolute Gasteiger partial charge is 0.383 e. The van der Waals surface area contributed by atoms with Crippen molar-refractivity contribution in [3.8, 4) is 0 Å². The van der Waals surface area contributed by atoms with Gasteiger partial charge in [-0.2, -0.15) is 5.10 Å². The number of nitrogens with one attached hydrogen (secondary N) is 1. The van der Waals surface area contributed by atoms with Gasteiger partial charge in [-0.05, 0) is 37.7 Å². The summed E-state index contributed by atoms with van der Waals surface area (Å²) in [6, 6.07) is 0. The van der Waals surface area contributed by atoms with Gasteiger partial charge in [-0.1, -0.05) is 0 Å². The van der Waals surface area contributed by atoms with E-state index >= 15 is 0 Å². The molecule has 1 aromatic heterocycles. The summed E-state index contributed by atoms with van der Waals surface area (Å²) in [5, 5.41) is 7.56. The molecule has 0 spiro atoms. The molecule has 0 saturated carbocycles. The average molecular weight is 348 g/mol. The molecule has 1 atom stereocenters. The molecule has 2 aliphatic rings. The summed E-state index contributed by atoms with van der Waals surface area (Å²) in [7, 11) is 3.46. The van der Waals surface area contributed by atoms with Crippen molar-refractivity contribution in [1.29, 1.82) is 0 Å². The Morgan fingerprint density at radius 2 is 2.16 bits per heavy atom. The summed E-state index contributed by atoms with van der Waals surface area (Å²) in [4.78, 5) is 28.3. The van der Waals surface area contributed by atoms with Gasteiger partial charge in [-0.15, -0.1) is 0 Å². The first kappa shape index (κ1) is 17.9. The summed E-state index contributed by atoms with van der Waals surface area (Å²) in [5.74, 6) is 0.0851. The molecule has 1 aliphatic carbocycles. The van der Waals surface area contributed by atoms with E-state index in [2.05, 4.69) is 10.2 Å². The standard InChI is InChI=1S/C18H28N4O3/c1-21(12-16-14-5-3-4-6-15(14)19-20-16)18(24)13-7-8-17(23)22(11-13)9-10-25-2/h13H,3-12H2,1-2H3,(H,19,20)/t13-/m0/s1. The van der Waals surface area contributed by atoms with E-state index in [0.717, 1.165) is 18.5 Å². The fourth-order valence-corrected chi connectivity index (χ4v) is 3.83. The van der Waals surface area contributed by atoms with E-state index in [4.69, 9.17) is 4.74 Å². The highest BCUT2D eigenvalue weighted by Crippen LogP contribution is 2.24. The van der Waals surface area contributed by atoms with Crippen molar-refractivity contribution in [3.05, 3.63) is 17.0 Å². The first-order valence-corrected chi connectivity index (χ1v) is 9.16. The third-order valence-corrected chi connectivity index (χ3v) is 5.32. The minimum atomic E-state index is -0.130. The molecule has 25 heavy (non-hydrogen) atoms. The minimum absolute atomic E-state index is 0.0995. The number of aryl methyl sites for hydroxylation is 1. The number of methoxy groups -OCH3 is 1. The first-order valence-electron chi connectivity index (χ1n) is 9.16. The van der Waals surface area contributed by atoms with E-state index in [1.807, 2.05) is 7.05 Å². The molecule has 1 aliphatic heterocycles. The van der Waals surface area contributed by atoms with Crippen molar-refractivity contribution < 1.29 is 14.3 Å². The van der Waals surface area contributed by atoms with Crippen LogP contribution in [0.3, 0.4) is 0 Å². The molecule has 1 aromatic rings. The minimum Gasteiger partial charge on any atom is -0.383 e. The molecule has 138 valence electrons. The molecule has 1 saturated heterocycles. The van der Waals surface area contributed by atoms with Gasteiger partial charge < -0.3 is 14.5 Å². The van der Waals surface area contributed by atoms with Gasteiger partial charge in [-0.25, -0.2) is 0 Å². The number of piperidine rings is 1. The van der Waals surface area contributed by atoms with Gasteiger partial charge in [0.15, 0.2) is 0 Å². The predicted octanol–water partition coefficient (Wildman–Crippen LogP) is 1.13. The van der Waals surface area contributed by atoms with Crippen molar-refractivity contribution in [1.82, 2.24) is 20.0 Å². The smallest absolute Gasteiger partial charge is 0.227 e. The molecule has 0 unspecified atom stereocenters. The molecule has 7 heteroatoms. The zero-order valence-corrected chi connectivity index (χ0v) is 15.2. The van der Waals surface area contributed by atoms with Crippen LogP contribution in [0.4, 0.5) is 0 Å². The fraction of sp³-hybridized carbons (Fsp3) is 0.722. The average Bonchev–Trinajstić information content (AvgIpc) is 3.03. The van der Waals surface area contributed by atoms with Gasteiger partial charge in [0.2, 0.25) is 11.8 Å². The monoisotopic (exact) mass is 348 g/mol. The van der Waals surface area contributed by atoms with Crippen LogP contribution < -0.4 is 0 Å². The number of aromatic amines is 1. The lowest BCUT2D eigenvalue weighted by atomic mass is 9.94. The van der Waals surface area contributed by atoms with Crippen LogP contribution in [-0.4, -0.2) is 65.7 Å². The van der Waals surface area contributed by atoms with Gasteiger partial charge in [0, 0.05) is 39.4 Å². The van der Waals surface area contributed by atoms with Gasteiger partial charge in [0.25, 0.3) is 0 Å². The molecular weight excluding hydrogens is 320 g/mol. The van der Waals surface area contributed by atoms with Crippen molar-refractivity contribution in [2.24, 2.45) is 5.92 Å². The number of fused-ring (bicyclic) bond motifs is 1. The second-order valence-corrected chi connectivity index (χ2v) is 7.10. The molecule has 0 aromatic carbocycles. The lowest BCUT2D eigenvalue weighted by Crippen LogP contribution is -2.47. The number of carbonyl (C=O) groups is 2. The molecule has 1 N–H and O–H groups in total. The molecule has 2 heterocycles. The SMILES string of the molecule is COCCN1C[C@@H](C(=O)N(C)Cc2n[nH]c3c2CCCC3)CCC1=O. The van der Waals surface area contributed by atoms with E-state index in [1.54, 1.807) is 16.9 Å². The molecule has 0 radical (unpaired) electrons. The van der Waals surface area contributed by atoms with Crippen LogP contribution in [0.25, 0.3) is 0 Å². The number of rotatable bonds is 6. The highest BCUT2D eigenvalue weighted by molar-refractivity contribution is 5.83. The van der Waals surface area contributed by atoms with E-state index in [-0.39, 0.29) is 17.7 Å². The van der Waals surface area contributed by atoms with E-state index in [9.17, 15) is 9.59 Å². The number of amides is 2. The lowest BCUT2D eigenvalue weighted by Gasteiger charge is -2.33.